The average Bonchev–Trinajstić information content (AvgIpc) is 2.48. The van der Waals surface area contributed by atoms with E-state index in [2.05, 4.69) is 10.3 Å². The van der Waals surface area contributed by atoms with Crippen LogP contribution in [0.25, 0.3) is 0 Å². The Bertz CT molecular complexity index is 453. The van der Waals surface area contributed by atoms with E-state index in [9.17, 15) is 9.59 Å². The number of pyridine rings is 1. The summed E-state index contributed by atoms with van der Waals surface area (Å²) in [6.07, 6.45) is 4.03. The van der Waals surface area contributed by atoms with Crippen molar-refractivity contribution in [1.29, 1.82) is 0 Å². The molecule has 0 radical (unpaired) electrons. The van der Waals surface area contributed by atoms with Gasteiger partial charge in [0.2, 0.25) is 11.8 Å². The zero-order valence-corrected chi connectivity index (χ0v) is 11.8. The monoisotopic (exact) mass is 275 g/mol. The lowest BCUT2D eigenvalue weighted by molar-refractivity contribution is -0.133. The number of carbonyl (C=O) groups is 2. The van der Waals surface area contributed by atoms with Crippen molar-refractivity contribution < 1.29 is 9.59 Å². The average molecular weight is 275 g/mol. The lowest BCUT2D eigenvalue weighted by Crippen LogP contribution is -2.42. The van der Waals surface area contributed by atoms with E-state index >= 15 is 0 Å². The summed E-state index contributed by atoms with van der Waals surface area (Å²) in [5, 5.41) is 2.96. The predicted octanol–water partition coefficient (Wildman–Crippen LogP) is 0.999. The molecule has 2 rings (SSSR count). The van der Waals surface area contributed by atoms with Crippen LogP contribution in [0.5, 0.6) is 0 Å². The van der Waals surface area contributed by atoms with Crippen molar-refractivity contribution >= 4 is 11.8 Å². The summed E-state index contributed by atoms with van der Waals surface area (Å²) < 4.78 is 0. The van der Waals surface area contributed by atoms with E-state index in [1.54, 1.807) is 18.0 Å². The number of likely N-dealkylation sites (tertiary alicyclic amines) is 1. The van der Waals surface area contributed by atoms with Gasteiger partial charge in [-0.3, -0.25) is 14.6 Å². The highest BCUT2D eigenvalue weighted by Crippen LogP contribution is 2.17. The van der Waals surface area contributed by atoms with Crippen molar-refractivity contribution in [2.75, 3.05) is 19.6 Å². The van der Waals surface area contributed by atoms with E-state index in [1.807, 2.05) is 18.2 Å². The lowest BCUT2D eigenvalue weighted by Gasteiger charge is -2.30. The van der Waals surface area contributed by atoms with E-state index in [4.69, 9.17) is 0 Å². The predicted molar refractivity (Wildman–Crippen MR) is 75.9 cm³/mol. The van der Waals surface area contributed by atoms with Gasteiger partial charge in [0.05, 0.1) is 0 Å². The maximum Gasteiger partial charge on any atom is 0.223 e. The number of nitrogens with zero attached hydrogens (tertiary/aromatic N) is 2. The molecule has 1 aliphatic heterocycles. The maximum atomic E-state index is 12.0. The van der Waals surface area contributed by atoms with Crippen LogP contribution in [0.1, 0.15) is 25.5 Å². The fraction of sp³-hybridized carbons (Fsp3) is 0.533. The third-order valence-electron chi connectivity index (χ3n) is 3.72. The van der Waals surface area contributed by atoms with Crippen LogP contribution < -0.4 is 5.32 Å². The Labute approximate surface area is 119 Å². The SMILES string of the molecule is CC(=O)N1CCC(C(=O)NCCc2ccccn2)CC1. The summed E-state index contributed by atoms with van der Waals surface area (Å²) in [7, 11) is 0. The second-order valence-electron chi connectivity index (χ2n) is 5.14. The molecule has 0 spiro atoms. The summed E-state index contributed by atoms with van der Waals surface area (Å²) in [5.41, 5.74) is 0.985. The van der Waals surface area contributed by atoms with E-state index in [-0.39, 0.29) is 17.7 Å². The summed E-state index contributed by atoms with van der Waals surface area (Å²) in [6.45, 7) is 3.57. The van der Waals surface area contributed by atoms with Gasteiger partial charge in [0.15, 0.2) is 0 Å². The first-order valence-corrected chi connectivity index (χ1v) is 7.10. The molecule has 5 nitrogen and oxygen atoms in total. The molecule has 1 aliphatic rings. The fourth-order valence-electron chi connectivity index (χ4n) is 2.46. The molecule has 0 bridgehead atoms. The van der Waals surface area contributed by atoms with Gasteiger partial charge in [0, 0.05) is 50.8 Å². The molecule has 108 valence electrons. The van der Waals surface area contributed by atoms with Crippen molar-refractivity contribution in [1.82, 2.24) is 15.2 Å². The zero-order valence-electron chi connectivity index (χ0n) is 11.8. The molecular formula is C15H21N3O2. The number of carbonyl (C=O) groups excluding carboxylic acids is 2. The summed E-state index contributed by atoms with van der Waals surface area (Å²) in [6, 6.07) is 5.78. The molecule has 2 amide bonds. The second kappa shape index (κ2) is 7.03. The minimum atomic E-state index is 0.0364. The summed E-state index contributed by atoms with van der Waals surface area (Å²) in [4.78, 5) is 29.3. The fourth-order valence-corrected chi connectivity index (χ4v) is 2.46. The molecule has 1 aromatic heterocycles. The molecule has 0 atom stereocenters. The first-order valence-electron chi connectivity index (χ1n) is 7.10. The van der Waals surface area contributed by atoms with Crippen molar-refractivity contribution in [3.05, 3.63) is 30.1 Å². The maximum absolute atomic E-state index is 12.0. The second-order valence-corrected chi connectivity index (χ2v) is 5.14. The van der Waals surface area contributed by atoms with Crippen LogP contribution in [0, 0.1) is 5.92 Å². The van der Waals surface area contributed by atoms with E-state index in [1.165, 1.54) is 0 Å². The van der Waals surface area contributed by atoms with Gasteiger partial charge in [-0.25, -0.2) is 0 Å². The molecule has 1 N–H and O–H groups in total. The van der Waals surface area contributed by atoms with Gasteiger partial charge in [0.1, 0.15) is 0 Å². The minimum absolute atomic E-state index is 0.0364. The molecule has 1 aromatic rings. The zero-order chi connectivity index (χ0) is 14.4. The molecule has 20 heavy (non-hydrogen) atoms. The van der Waals surface area contributed by atoms with Crippen LogP contribution >= 0.6 is 0 Å². The molecule has 1 fully saturated rings. The van der Waals surface area contributed by atoms with Crippen molar-refractivity contribution in [3.63, 3.8) is 0 Å². The number of piperidine rings is 1. The van der Waals surface area contributed by atoms with Gasteiger partial charge >= 0.3 is 0 Å². The first kappa shape index (κ1) is 14.5. The number of nitrogens with one attached hydrogen (secondary N) is 1. The van der Waals surface area contributed by atoms with Crippen LogP contribution in [0.4, 0.5) is 0 Å². The van der Waals surface area contributed by atoms with E-state index in [0.717, 1.165) is 25.0 Å². The van der Waals surface area contributed by atoms with Crippen LogP contribution in [-0.2, 0) is 16.0 Å². The molecular weight excluding hydrogens is 254 g/mol. The standard InChI is InChI=1S/C15H21N3O2/c1-12(19)18-10-6-13(7-11-18)15(20)17-9-5-14-4-2-3-8-16-14/h2-4,8,13H,5-7,9-11H2,1H3,(H,17,20). The smallest absolute Gasteiger partial charge is 0.223 e. The van der Waals surface area contributed by atoms with E-state index in [0.29, 0.717) is 19.6 Å². The third kappa shape index (κ3) is 4.05. The number of amides is 2. The summed E-state index contributed by atoms with van der Waals surface area (Å²) in [5.74, 6) is 0.234. The Morgan fingerprint density at radius 2 is 2.10 bits per heavy atom. The first-order chi connectivity index (χ1) is 9.66. The molecule has 0 unspecified atom stereocenters. The Morgan fingerprint density at radius 1 is 1.35 bits per heavy atom. The molecule has 0 aromatic carbocycles. The number of hydrogen-bond donors (Lipinski definition) is 1. The van der Waals surface area contributed by atoms with Crippen LogP contribution in [-0.4, -0.2) is 41.3 Å². The van der Waals surface area contributed by atoms with Crippen LogP contribution in [0.15, 0.2) is 24.4 Å². The number of hydrogen-bond acceptors (Lipinski definition) is 3. The summed E-state index contributed by atoms with van der Waals surface area (Å²) >= 11 is 0. The van der Waals surface area contributed by atoms with E-state index < -0.39 is 0 Å². The highest BCUT2D eigenvalue weighted by Gasteiger charge is 2.25. The topological polar surface area (TPSA) is 62.3 Å². The molecule has 1 saturated heterocycles. The van der Waals surface area contributed by atoms with Crippen molar-refractivity contribution in [3.8, 4) is 0 Å². The Hall–Kier alpha value is -1.91. The van der Waals surface area contributed by atoms with Gasteiger partial charge in [-0.1, -0.05) is 6.07 Å². The highest BCUT2D eigenvalue weighted by atomic mass is 16.2. The molecule has 5 heteroatoms. The minimum Gasteiger partial charge on any atom is -0.355 e. The Morgan fingerprint density at radius 3 is 2.70 bits per heavy atom. The number of aromatic nitrogens is 1. The molecule has 0 aliphatic carbocycles. The van der Waals surface area contributed by atoms with Gasteiger partial charge < -0.3 is 10.2 Å². The third-order valence-corrected chi connectivity index (χ3v) is 3.72. The van der Waals surface area contributed by atoms with Crippen LogP contribution in [0.3, 0.4) is 0 Å². The largest absolute Gasteiger partial charge is 0.355 e. The molecule has 2 heterocycles. The van der Waals surface area contributed by atoms with Gasteiger partial charge in [0.25, 0.3) is 0 Å². The lowest BCUT2D eigenvalue weighted by atomic mass is 9.96. The van der Waals surface area contributed by atoms with Crippen LogP contribution in [0.2, 0.25) is 0 Å². The Kier molecular flexibility index (Phi) is 5.09. The Balaban J connectivity index is 1.69. The van der Waals surface area contributed by atoms with Gasteiger partial charge in [-0.15, -0.1) is 0 Å². The quantitative estimate of drug-likeness (QED) is 0.891. The van der Waals surface area contributed by atoms with Crippen molar-refractivity contribution in [2.24, 2.45) is 5.92 Å². The van der Waals surface area contributed by atoms with Crippen molar-refractivity contribution in [2.45, 2.75) is 26.2 Å². The highest BCUT2D eigenvalue weighted by molar-refractivity contribution is 5.79. The van der Waals surface area contributed by atoms with Gasteiger partial charge in [-0.2, -0.15) is 0 Å². The van der Waals surface area contributed by atoms with Gasteiger partial charge in [-0.05, 0) is 25.0 Å². The molecule has 0 saturated carbocycles. The number of rotatable bonds is 4. The normalized spacial score (nSPS) is 15.9.